The summed E-state index contributed by atoms with van der Waals surface area (Å²) in [5, 5.41) is 6.80. The highest BCUT2D eigenvalue weighted by Gasteiger charge is 2.29. The van der Waals surface area contributed by atoms with E-state index in [1.54, 1.807) is 11.2 Å². The largest absolute Gasteiger partial charge is 0.378 e. The van der Waals surface area contributed by atoms with E-state index >= 15 is 0 Å². The molecule has 0 N–H and O–H groups in total. The van der Waals surface area contributed by atoms with Crippen molar-refractivity contribution in [3.63, 3.8) is 0 Å². The van der Waals surface area contributed by atoms with E-state index in [9.17, 15) is 4.79 Å². The second-order valence-electron chi connectivity index (χ2n) is 4.72. The van der Waals surface area contributed by atoms with Gasteiger partial charge in [-0.05, 0) is 17.9 Å². The van der Waals surface area contributed by atoms with Gasteiger partial charge in [0.1, 0.15) is 5.70 Å². The third-order valence-corrected chi connectivity index (χ3v) is 3.97. The molecule has 0 spiro atoms. The van der Waals surface area contributed by atoms with Crippen LogP contribution in [0, 0.1) is 0 Å². The number of hydrogen-bond acceptors (Lipinski definition) is 7. The van der Waals surface area contributed by atoms with Crippen molar-refractivity contribution in [3.05, 3.63) is 35.7 Å². The monoisotopic (exact) mass is 304 g/mol. The van der Waals surface area contributed by atoms with Crippen LogP contribution in [0.3, 0.4) is 0 Å². The number of carbonyl (C=O) groups excluding carboxylic acids is 1. The van der Waals surface area contributed by atoms with Crippen LogP contribution < -0.4 is 0 Å². The summed E-state index contributed by atoms with van der Waals surface area (Å²) in [6.45, 7) is 6.89. The first-order chi connectivity index (χ1) is 10.2. The van der Waals surface area contributed by atoms with E-state index in [2.05, 4.69) is 21.6 Å². The number of morpholine rings is 1. The number of thioether (sulfide) groups is 1. The molecule has 3 rings (SSSR count). The highest BCUT2D eigenvalue weighted by Crippen LogP contribution is 2.28. The van der Waals surface area contributed by atoms with Gasteiger partial charge in [-0.3, -0.25) is 4.79 Å². The summed E-state index contributed by atoms with van der Waals surface area (Å²) in [4.78, 5) is 17.9. The zero-order chi connectivity index (χ0) is 14.8. The quantitative estimate of drug-likeness (QED) is 0.681. The van der Waals surface area contributed by atoms with Crippen LogP contribution in [0.15, 0.2) is 45.8 Å². The summed E-state index contributed by atoms with van der Waals surface area (Å²) in [6.07, 6.45) is 6.29. The van der Waals surface area contributed by atoms with Crippen LogP contribution in [0.1, 0.15) is 0 Å². The number of allylic oxidation sites excluding steroid dienone is 3. The molecule has 0 unspecified atom stereocenters. The van der Waals surface area contributed by atoms with E-state index < -0.39 is 0 Å². The number of hydrogen-bond donors (Lipinski definition) is 0. The van der Waals surface area contributed by atoms with Gasteiger partial charge in [-0.2, -0.15) is 0 Å². The maximum Gasteiger partial charge on any atom is 0.209 e. The van der Waals surface area contributed by atoms with E-state index in [1.807, 2.05) is 12.3 Å². The molecule has 110 valence electrons. The average Bonchev–Trinajstić information content (AvgIpc) is 2.54. The molecular formula is C14H16N4O2S. The first-order valence-electron chi connectivity index (χ1n) is 6.64. The normalized spacial score (nSPS) is 22.0. The van der Waals surface area contributed by atoms with Crippen LogP contribution in [0.25, 0.3) is 0 Å². The predicted molar refractivity (Wildman–Crippen MR) is 84.0 cm³/mol. The molecule has 0 aromatic carbocycles. The SMILES string of the molecule is C=C1C=C2C(N3CCOCC3)=NC(SC)=NN2C=C1C=O. The Morgan fingerprint density at radius 1 is 1.43 bits per heavy atom. The first-order valence-corrected chi connectivity index (χ1v) is 7.87. The van der Waals surface area contributed by atoms with Crippen LogP contribution >= 0.6 is 11.8 Å². The van der Waals surface area contributed by atoms with Gasteiger partial charge in [0.25, 0.3) is 0 Å². The molecule has 0 bridgehead atoms. The molecule has 0 aliphatic carbocycles. The number of nitrogens with zero attached hydrogens (tertiary/aromatic N) is 4. The summed E-state index contributed by atoms with van der Waals surface area (Å²) in [5.41, 5.74) is 2.07. The summed E-state index contributed by atoms with van der Waals surface area (Å²) in [6, 6.07) is 0. The van der Waals surface area contributed by atoms with Crippen molar-refractivity contribution in [2.75, 3.05) is 32.6 Å². The molecule has 0 aromatic heterocycles. The lowest BCUT2D eigenvalue weighted by Gasteiger charge is -2.36. The molecular weight excluding hydrogens is 288 g/mol. The van der Waals surface area contributed by atoms with Crippen molar-refractivity contribution in [1.82, 2.24) is 9.91 Å². The number of fused-ring (bicyclic) bond motifs is 1. The number of amidine groups is 2. The van der Waals surface area contributed by atoms with Gasteiger partial charge in [0.15, 0.2) is 12.1 Å². The lowest BCUT2D eigenvalue weighted by molar-refractivity contribution is -0.104. The second kappa shape index (κ2) is 5.87. The lowest BCUT2D eigenvalue weighted by Crippen LogP contribution is -2.45. The highest BCUT2D eigenvalue weighted by molar-refractivity contribution is 8.13. The standard InChI is InChI=1S/C14H16N4O2S/c1-10-7-12-13(17-3-5-20-6-4-17)15-14(21-2)16-18(12)8-11(10)9-19/h7-9H,1,3-6H2,2H3. The van der Waals surface area contributed by atoms with Crippen LogP contribution in [0.4, 0.5) is 0 Å². The van der Waals surface area contributed by atoms with Crippen molar-refractivity contribution in [3.8, 4) is 0 Å². The van der Waals surface area contributed by atoms with E-state index in [4.69, 9.17) is 4.74 Å². The van der Waals surface area contributed by atoms with E-state index in [0.717, 1.165) is 30.9 Å². The third kappa shape index (κ3) is 2.66. The Kier molecular flexibility index (Phi) is 3.94. The minimum absolute atomic E-state index is 0.534. The van der Waals surface area contributed by atoms with Gasteiger partial charge >= 0.3 is 0 Å². The fourth-order valence-corrected chi connectivity index (χ4v) is 2.66. The average molecular weight is 304 g/mol. The van der Waals surface area contributed by atoms with Gasteiger partial charge in [-0.1, -0.05) is 18.3 Å². The Bertz CT molecular complexity index is 600. The number of hydrazone groups is 1. The van der Waals surface area contributed by atoms with Gasteiger partial charge in [0, 0.05) is 24.9 Å². The molecule has 3 aliphatic heterocycles. The number of aldehydes is 1. The Balaban J connectivity index is 1.98. The molecule has 3 aliphatic rings. The molecule has 3 heterocycles. The molecule has 21 heavy (non-hydrogen) atoms. The molecule has 1 fully saturated rings. The van der Waals surface area contributed by atoms with Crippen LogP contribution in [-0.2, 0) is 9.53 Å². The zero-order valence-electron chi connectivity index (χ0n) is 11.8. The molecule has 6 nitrogen and oxygen atoms in total. The fourth-order valence-electron chi connectivity index (χ4n) is 2.31. The Hall–Kier alpha value is -1.86. The van der Waals surface area contributed by atoms with Crippen molar-refractivity contribution in [2.45, 2.75) is 0 Å². The molecule has 0 saturated carbocycles. The van der Waals surface area contributed by atoms with Crippen molar-refractivity contribution >= 4 is 29.1 Å². The minimum atomic E-state index is 0.534. The lowest BCUT2D eigenvalue weighted by atomic mass is 10.0. The number of rotatable bonds is 1. The highest BCUT2D eigenvalue weighted by atomic mass is 32.2. The summed E-state index contributed by atoms with van der Waals surface area (Å²) < 4.78 is 5.39. The smallest absolute Gasteiger partial charge is 0.209 e. The fraction of sp³-hybridized carbons (Fsp3) is 0.357. The first kappa shape index (κ1) is 14.1. The molecule has 0 radical (unpaired) electrons. The summed E-state index contributed by atoms with van der Waals surface area (Å²) in [7, 11) is 0. The maximum absolute atomic E-state index is 11.1. The van der Waals surface area contributed by atoms with E-state index in [0.29, 0.717) is 29.5 Å². The number of aliphatic imine (C=N–C) groups is 1. The van der Waals surface area contributed by atoms with Gasteiger partial charge in [0.05, 0.1) is 13.2 Å². The molecule has 7 heteroatoms. The van der Waals surface area contributed by atoms with Crippen molar-refractivity contribution in [2.24, 2.45) is 10.1 Å². The second-order valence-corrected chi connectivity index (χ2v) is 5.50. The Labute approximate surface area is 127 Å². The molecule has 1 saturated heterocycles. The Morgan fingerprint density at radius 2 is 2.19 bits per heavy atom. The van der Waals surface area contributed by atoms with Crippen LogP contribution in [0.2, 0.25) is 0 Å². The van der Waals surface area contributed by atoms with Crippen LogP contribution in [-0.4, -0.2) is 59.8 Å². The molecule has 0 amide bonds. The minimum Gasteiger partial charge on any atom is -0.378 e. The van der Waals surface area contributed by atoms with Gasteiger partial charge in [-0.15, -0.1) is 5.10 Å². The Morgan fingerprint density at radius 3 is 2.86 bits per heavy atom. The van der Waals surface area contributed by atoms with Gasteiger partial charge in [-0.25, -0.2) is 10.0 Å². The summed E-state index contributed by atoms with van der Waals surface area (Å²) >= 11 is 1.47. The summed E-state index contributed by atoms with van der Waals surface area (Å²) in [5.74, 6) is 0.861. The van der Waals surface area contributed by atoms with Crippen molar-refractivity contribution < 1.29 is 9.53 Å². The zero-order valence-corrected chi connectivity index (χ0v) is 12.6. The topological polar surface area (TPSA) is 57.5 Å². The van der Waals surface area contributed by atoms with E-state index in [-0.39, 0.29) is 0 Å². The van der Waals surface area contributed by atoms with Crippen molar-refractivity contribution in [1.29, 1.82) is 0 Å². The maximum atomic E-state index is 11.1. The molecule has 0 atom stereocenters. The molecule has 0 aromatic rings. The van der Waals surface area contributed by atoms with E-state index in [1.165, 1.54) is 11.8 Å². The number of ether oxygens (including phenoxy) is 1. The van der Waals surface area contributed by atoms with Gasteiger partial charge in [0.2, 0.25) is 5.17 Å². The third-order valence-electron chi connectivity index (χ3n) is 3.43. The number of carbonyl (C=O) groups is 1. The van der Waals surface area contributed by atoms with Crippen LogP contribution in [0.5, 0.6) is 0 Å². The predicted octanol–water partition coefficient (Wildman–Crippen LogP) is 1.20. The van der Waals surface area contributed by atoms with Gasteiger partial charge < -0.3 is 9.64 Å².